The molecule has 4 aromatic rings. The molecule has 5 nitrogen and oxygen atoms in total. The third-order valence-electron chi connectivity index (χ3n) is 7.39. The summed E-state index contributed by atoms with van der Waals surface area (Å²) in [5.41, 5.74) is 5.94. The van der Waals surface area contributed by atoms with Crippen LogP contribution in [0.2, 0.25) is 0 Å². The Hall–Kier alpha value is -3.73. The van der Waals surface area contributed by atoms with Crippen molar-refractivity contribution in [2.75, 3.05) is 6.61 Å². The lowest BCUT2D eigenvalue weighted by molar-refractivity contribution is 0.0697. The van der Waals surface area contributed by atoms with Crippen LogP contribution in [0.3, 0.4) is 0 Å². The maximum atomic E-state index is 11.8. The Morgan fingerprint density at radius 3 is 2.63 bits per heavy atom. The fourth-order valence-electron chi connectivity index (χ4n) is 5.73. The molecule has 2 aliphatic rings. The van der Waals surface area contributed by atoms with E-state index in [1.54, 1.807) is 6.07 Å². The first kappa shape index (κ1) is 21.8. The Labute approximate surface area is 204 Å². The molecule has 0 radical (unpaired) electrons. The van der Waals surface area contributed by atoms with Crippen molar-refractivity contribution in [1.82, 2.24) is 4.57 Å². The molecule has 178 valence electrons. The summed E-state index contributed by atoms with van der Waals surface area (Å²) >= 11 is 0. The number of aromatic nitrogens is 1. The Kier molecular flexibility index (Phi) is 5.69. The van der Waals surface area contributed by atoms with E-state index in [0.29, 0.717) is 31.2 Å². The van der Waals surface area contributed by atoms with Gasteiger partial charge in [0.1, 0.15) is 24.7 Å². The maximum absolute atomic E-state index is 11.8. The highest BCUT2D eigenvalue weighted by Gasteiger charge is 2.30. The molecule has 0 spiro atoms. The molecule has 6 rings (SSSR count). The molecule has 2 heterocycles. The van der Waals surface area contributed by atoms with Crippen molar-refractivity contribution in [3.8, 4) is 22.8 Å². The number of rotatable bonds is 5. The molecular formula is C30H29NO4. The van der Waals surface area contributed by atoms with Crippen LogP contribution in [-0.4, -0.2) is 22.2 Å². The number of hydrogen-bond donors (Lipinski definition) is 1. The highest BCUT2D eigenvalue weighted by molar-refractivity contribution is 5.98. The molecule has 1 fully saturated rings. The lowest BCUT2D eigenvalue weighted by atomic mass is 9.81. The van der Waals surface area contributed by atoms with Gasteiger partial charge >= 0.3 is 5.97 Å². The zero-order valence-corrected chi connectivity index (χ0v) is 19.7. The summed E-state index contributed by atoms with van der Waals surface area (Å²) in [6, 6.07) is 21.8. The van der Waals surface area contributed by atoms with Gasteiger partial charge in [0.15, 0.2) is 0 Å². The van der Waals surface area contributed by atoms with E-state index in [1.165, 1.54) is 30.2 Å². The molecule has 1 N–H and O–H groups in total. The minimum absolute atomic E-state index is 0.318. The van der Waals surface area contributed by atoms with Crippen molar-refractivity contribution < 1.29 is 19.4 Å². The van der Waals surface area contributed by atoms with E-state index in [-0.39, 0.29) is 0 Å². The fraction of sp³-hybridized carbons (Fsp3) is 0.300. The third-order valence-corrected chi connectivity index (χ3v) is 7.39. The van der Waals surface area contributed by atoms with Gasteiger partial charge < -0.3 is 19.1 Å². The fourth-order valence-corrected chi connectivity index (χ4v) is 5.73. The van der Waals surface area contributed by atoms with E-state index in [4.69, 9.17) is 9.47 Å². The first-order valence-electron chi connectivity index (χ1n) is 12.5. The molecule has 5 heteroatoms. The zero-order valence-electron chi connectivity index (χ0n) is 19.7. The molecule has 0 amide bonds. The summed E-state index contributed by atoms with van der Waals surface area (Å²) in [5.74, 6) is 1.21. The zero-order chi connectivity index (χ0) is 23.8. The number of carboxylic acid groups (broad SMARTS) is 1. The number of hydrogen-bond acceptors (Lipinski definition) is 3. The van der Waals surface area contributed by atoms with Crippen LogP contribution >= 0.6 is 0 Å². The lowest BCUT2D eigenvalue weighted by Crippen LogP contribution is -2.07. The number of ether oxygens (including phenoxy) is 2. The van der Waals surface area contributed by atoms with Crippen LogP contribution in [0.1, 0.15) is 59.5 Å². The van der Waals surface area contributed by atoms with Gasteiger partial charge in [0.05, 0.1) is 17.8 Å². The predicted molar refractivity (Wildman–Crippen MR) is 136 cm³/mol. The second-order valence-corrected chi connectivity index (χ2v) is 9.57. The van der Waals surface area contributed by atoms with Crippen molar-refractivity contribution in [3.05, 3.63) is 83.4 Å². The van der Waals surface area contributed by atoms with E-state index in [2.05, 4.69) is 22.8 Å². The average molecular weight is 468 g/mol. The summed E-state index contributed by atoms with van der Waals surface area (Å²) in [7, 11) is 0. The smallest absolute Gasteiger partial charge is 0.335 e. The monoisotopic (exact) mass is 467 g/mol. The molecular weight excluding hydrogens is 438 g/mol. The van der Waals surface area contributed by atoms with Crippen LogP contribution in [0.15, 0.2) is 66.7 Å². The van der Waals surface area contributed by atoms with Crippen LogP contribution in [-0.2, 0) is 13.2 Å². The van der Waals surface area contributed by atoms with Gasteiger partial charge in [-0.15, -0.1) is 0 Å². The third kappa shape index (κ3) is 4.05. The first-order chi connectivity index (χ1) is 17.2. The number of aromatic carboxylic acids is 1. The second kappa shape index (κ2) is 9.14. The predicted octanol–water partition coefficient (Wildman–Crippen LogP) is 7.03. The highest BCUT2D eigenvalue weighted by Crippen LogP contribution is 2.48. The molecule has 1 saturated carbocycles. The number of benzene rings is 3. The van der Waals surface area contributed by atoms with Crippen LogP contribution in [0.25, 0.3) is 22.2 Å². The van der Waals surface area contributed by atoms with Gasteiger partial charge in [0.2, 0.25) is 0 Å². The minimum atomic E-state index is -0.900. The average Bonchev–Trinajstić information content (AvgIpc) is 3.10. The van der Waals surface area contributed by atoms with Crippen molar-refractivity contribution in [3.63, 3.8) is 0 Å². The maximum Gasteiger partial charge on any atom is 0.335 e. The molecule has 1 aromatic heterocycles. The summed E-state index contributed by atoms with van der Waals surface area (Å²) in [5, 5.41) is 10.8. The quantitative estimate of drug-likeness (QED) is 0.342. The summed E-state index contributed by atoms with van der Waals surface area (Å²) < 4.78 is 14.6. The van der Waals surface area contributed by atoms with Gasteiger partial charge in [-0.1, -0.05) is 55.7 Å². The first-order valence-corrected chi connectivity index (χ1v) is 12.5. The number of carboxylic acids is 1. The van der Waals surface area contributed by atoms with Crippen LogP contribution in [0.5, 0.6) is 11.5 Å². The molecule has 1 aliphatic heterocycles. The Bertz CT molecular complexity index is 1380. The summed E-state index contributed by atoms with van der Waals surface area (Å²) in [6.07, 6.45) is 6.06. The summed E-state index contributed by atoms with van der Waals surface area (Å²) in [6.45, 7) is 1.72. The van der Waals surface area contributed by atoms with Crippen LogP contribution < -0.4 is 9.47 Å². The molecule has 0 saturated heterocycles. The largest absolute Gasteiger partial charge is 0.491 e. The molecule has 0 unspecified atom stereocenters. The minimum Gasteiger partial charge on any atom is -0.491 e. The standard InChI is InChI=1S/C30H29NO4/c32-30(33)22-11-13-24-26(17-22)31-15-16-34-27-14-12-23(35-19-20-7-3-1-4-8-20)18-25(27)29(31)28(24)21-9-5-2-6-10-21/h1,3-4,7-8,11-14,17-18,21H,2,5-6,9-10,15-16,19H2,(H,32,33). The van der Waals surface area contributed by atoms with Crippen molar-refractivity contribution in [2.45, 2.75) is 51.2 Å². The number of carbonyl (C=O) groups is 1. The van der Waals surface area contributed by atoms with Gasteiger partial charge in [-0.05, 0) is 60.2 Å². The second-order valence-electron chi connectivity index (χ2n) is 9.57. The molecule has 35 heavy (non-hydrogen) atoms. The Morgan fingerprint density at radius 1 is 1.00 bits per heavy atom. The van der Waals surface area contributed by atoms with Crippen molar-refractivity contribution in [2.24, 2.45) is 0 Å². The lowest BCUT2D eigenvalue weighted by Gasteiger charge is -2.23. The van der Waals surface area contributed by atoms with Gasteiger partial charge in [0, 0.05) is 16.5 Å². The SMILES string of the molecule is O=C(O)c1ccc2c(C3CCCCC3)c3n(c2c1)CCOc1ccc(OCc2ccccc2)cc1-3. The van der Waals surface area contributed by atoms with Crippen molar-refractivity contribution >= 4 is 16.9 Å². The topological polar surface area (TPSA) is 60.7 Å². The normalized spacial score (nSPS) is 15.7. The summed E-state index contributed by atoms with van der Waals surface area (Å²) in [4.78, 5) is 11.8. The van der Waals surface area contributed by atoms with Crippen molar-refractivity contribution in [1.29, 1.82) is 0 Å². The van der Waals surface area contributed by atoms with E-state index >= 15 is 0 Å². The molecule has 0 atom stereocenters. The Balaban J connectivity index is 1.51. The van der Waals surface area contributed by atoms with Gasteiger partial charge in [0.25, 0.3) is 0 Å². The molecule has 0 bridgehead atoms. The van der Waals surface area contributed by atoms with Gasteiger partial charge in [-0.25, -0.2) is 4.79 Å². The van der Waals surface area contributed by atoms with E-state index in [0.717, 1.165) is 46.7 Å². The molecule has 3 aromatic carbocycles. The number of nitrogens with zero attached hydrogens (tertiary/aromatic N) is 1. The van der Waals surface area contributed by atoms with Crippen LogP contribution in [0.4, 0.5) is 0 Å². The Morgan fingerprint density at radius 2 is 1.83 bits per heavy atom. The van der Waals surface area contributed by atoms with E-state index in [9.17, 15) is 9.90 Å². The number of fused-ring (bicyclic) bond motifs is 5. The molecule has 1 aliphatic carbocycles. The van der Waals surface area contributed by atoms with Gasteiger partial charge in [-0.2, -0.15) is 0 Å². The van der Waals surface area contributed by atoms with E-state index < -0.39 is 5.97 Å². The van der Waals surface area contributed by atoms with Crippen LogP contribution in [0, 0.1) is 0 Å². The highest BCUT2D eigenvalue weighted by atomic mass is 16.5. The van der Waals surface area contributed by atoms with Gasteiger partial charge in [-0.3, -0.25) is 0 Å². The van der Waals surface area contributed by atoms with E-state index in [1.807, 2.05) is 42.5 Å².